The lowest BCUT2D eigenvalue weighted by Crippen LogP contribution is -2.19. The van der Waals surface area contributed by atoms with Crippen LogP contribution in [0.15, 0.2) is 28.3 Å². The second-order valence-corrected chi connectivity index (χ2v) is 4.11. The molecule has 0 bridgehead atoms. The molecule has 0 fully saturated rings. The third-order valence-electron chi connectivity index (χ3n) is 1.97. The first-order valence-corrected chi connectivity index (χ1v) is 5.68. The largest absolute Gasteiger partial charge is 0.409 e. The van der Waals surface area contributed by atoms with E-state index in [1.165, 1.54) is 19.2 Å². The normalized spacial score (nSPS) is 11.3. The molecule has 0 saturated heterocycles. The lowest BCUT2D eigenvalue weighted by Gasteiger charge is -2.04. The van der Waals surface area contributed by atoms with Gasteiger partial charge in [0.1, 0.15) is 5.82 Å². The van der Waals surface area contributed by atoms with E-state index in [0.29, 0.717) is 4.90 Å². The smallest absolute Gasteiger partial charge is 0.230 e. The van der Waals surface area contributed by atoms with Crippen LogP contribution in [0.4, 0.5) is 4.39 Å². The number of hydrogen-bond donors (Lipinski definition) is 3. The molecule has 4 N–H and O–H groups in total. The van der Waals surface area contributed by atoms with Crippen LogP contribution >= 0.6 is 11.8 Å². The van der Waals surface area contributed by atoms with Gasteiger partial charge in [-0.25, -0.2) is 4.39 Å². The van der Waals surface area contributed by atoms with E-state index in [-0.39, 0.29) is 23.1 Å². The highest BCUT2D eigenvalue weighted by molar-refractivity contribution is 8.00. The van der Waals surface area contributed by atoms with Crippen molar-refractivity contribution in [1.82, 2.24) is 5.32 Å². The number of amidine groups is 1. The molecule has 0 aliphatic heterocycles. The molecular formula is C10H12FN3O2S. The monoisotopic (exact) mass is 257 g/mol. The van der Waals surface area contributed by atoms with Crippen LogP contribution in [0.2, 0.25) is 0 Å². The Labute approximate surface area is 102 Å². The van der Waals surface area contributed by atoms with E-state index in [9.17, 15) is 9.18 Å². The van der Waals surface area contributed by atoms with Crippen molar-refractivity contribution in [2.75, 3.05) is 12.8 Å². The number of carbonyl (C=O) groups is 1. The third kappa shape index (κ3) is 3.63. The molecule has 0 aromatic heterocycles. The maximum Gasteiger partial charge on any atom is 0.230 e. The molecule has 92 valence electrons. The maximum absolute atomic E-state index is 13.6. The van der Waals surface area contributed by atoms with Gasteiger partial charge < -0.3 is 16.3 Å². The van der Waals surface area contributed by atoms with Crippen molar-refractivity contribution in [3.8, 4) is 0 Å². The van der Waals surface area contributed by atoms with Gasteiger partial charge in [-0.1, -0.05) is 5.16 Å². The van der Waals surface area contributed by atoms with Crippen LogP contribution in [0.1, 0.15) is 5.56 Å². The number of thioether (sulfide) groups is 1. The Kier molecular flexibility index (Phi) is 4.77. The van der Waals surface area contributed by atoms with Crippen molar-refractivity contribution >= 4 is 23.5 Å². The average Bonchev–Trinajstić information content (AvgIpc) is 2.35. The van der Waals surface area contributed by atoms with Crippen LogP contribution in [0, 0.1) is 5.82 Å². The fourth-order valence-corrected chi connectivity index (χ4v) is 1.84. The van der Waals surface area contributed by atoms with Gasteiger partial charge in [-0.3, -0.25) is 4.79 Å². The number of halogens is 1. The summed E-state index contributed by atoms with van der Waals surface area (Å²) < 4.78 is 13.6. The lowest BCUT2D eigenvalue weighted by molar-refractivity contribution is -0.118. The van der Waals surface area contributed by atoms with Gasteiger partial charge in [0.25, 0.3) is 0 Å². The Morgan fingerprint density at radius 3 is 2.88 bits per heavy atom. The van der Waals surface area contributed by atoms with Gasteiger partial charge in [-0.2, -0.15) is 0 Å². The minimum Gasteiger partial charge on any atom is -0.409 e. The molecule has 0 radical (unpaired) electrons. The molecule has 0 unspecified atom stereocenters. The van der Waals surface area contributed by atoms with Crippen LogP contribution in [-0.2, 0) is 4.79 Å². The molecule has 0 saturated carbocycles. The highest BCUT2D eigenvalue weighted by Crippen LogP contribution is 2.22. The van der Waals surface area contributed by atoms with E-state index >= 15 is 0 Å². The Bertz CT molecular complexity index is 451. The molecule has 0 heterocycles. The van der Waals surface area contributed by atoms with Crippen LogP contribution in [0.25, 0.3) is 0 Å². The second-order valence-electron chi connectivity index (χ2n) is 3.09. The average molecular weight is 257 g/mol. The number of nitrogens with zero attached hydrogens (tertiary/aromatic N) is 1. The molecule has 5 nitrogen and oxygen atoms in total. The molecule has 1 aromatic carbocycles. The fraction of sp³-hybridized carbons (Fsp3) is 0.200. The number of oxime groups is 1. The van der Waals surface area contributed by atoms with Gasteiger partial charge in [-0.05, 0) is 18.2 Å². The first-order chi connectivity index (χ1) is 8.08. The number of carbonyl (C=O) groups excluding carboxylic acids is 1. The Morgan fingerprint density at radius 1 is 1.65 bits per heavy atom. The number of hydrogen-bond acceptors (Lipinski definition) is 4. The van der Waals surface area contributed by atoms with Crippen LogP contribution < -0.4 is 11.1 Å². The van der Waals surface area contributed by atoms with Gasteiger partial charge in [0.15, 0.2) is 5.84 Å². The topological polar surface area (TPSA) is 87.7 Å². The molecular weight excluding hydrogens is 245 g/mol. The van der Waals surface area contributed by atoms with E-state index in [1.54, 1.807) is 0 Å². The van der Waals surface area contributed by atoms with Crippen LogP contribution in [0.5, 0.6) is 0 Å². The number of amides is 1. The summed E-state index contributed by atoms with van der Waals surface area (Å²) in [4.78, 5) is 11.3. The van der Waals surface area contributed by atoms with Gasteiger partial charge in [0.2, 0.25) is 5.91 Å². The number of nitrogens with two attached hydrogens (primary N) is 1. The Morgan fingerprint density at radius 2 is 2.35 bits per heavy atom. The van der Waals surface area contributed by atoms with E-state index in [1.807, 2.05) is 0 Å². The molecule has 7 heteroatoms. The first-order valence-electron chi connectivity index (χ1n) is 4.69. The first kappa shape index (κ1) is 13.3. The molecule has 0 aliphatic rings. The van der Waals surface area contributed by atoms with Gasteiger partial charge in [0.05, 0.1) is 5.75 Å². The fourth-order valence-electron chi connectivity index (χ4n) is 1.05. The van der Waals surface area contributed by atoms with E-state index in [4.69, 9.17) is 10.9 Å². The maximum atomic E-state index is 13.6. The zero-order valence-corrected chi connectivity index (χ0v) is 9.92. The Balaban J connectivity index is 2.80. The molecule has 0 atom stereocenters. The molecule has 1 amide bonds. The highest BCUT2D eigenvalue weighted by atomic mass is 32.2. The van der Waals surface area contributed by atoms with E-state index in [0.717, 1.165) is 17.8 Å². The quantitative estimate of drug-likeness (QED) is 0.244. The summed E-state index contributed by atoms with van der Waals surface area (Å²) in [5, 5.41) is 13.7. The van der Waals surface area contributed by atoms with Crippen molar-refractivity contribution in [2.45, 2.75) is 4.90 Å². The summed E-state index contributed by atoms with van der Waals surface area (Å²) in [6.45, 7) is 0. The van der Waals surface area contributed by atoms with Crippen LogP contribution in [0.3, 0.4) is 0 Å². The van der Waals surface area contributed by atoms with Crippen molar-refractivity contribution in [3.63, 3.8) is 0 Å². The van der Waals surface area contributed by atoms with Gasteiger partial charge in [0, 0.05) is 17.5 Å². The predicted molar refractivity (Wildman–Crippen MR) is 63.7 cm³/mol. The highest BCUT2D eigenvalue weighted by Gasteiger charge is 2.08. The summed E-state index contributed by atoms with van der Waals surface area (Å²) in [5.74, 6) is -0.722. The van der Waals surface area contributed by atoms with E-state index in [2.05, 4.69) is 10.5 Å². The standard InChI is InChI=1S/C10H12FN3O2S/c1-13-9(15)5-17-8-3-2-6(4-7(8)11)10(12)14-16/h2-4,16H,5H2,1H3,(H2,12,14)(H,13,15). The number of rotatable bonds is 4. The summed E-state index contributed by atoms with van der Waals surface area (Å²) in [5.41, 5.74) is 5.61. The third-order valence-corrected chi connectivity index (χ3v) is 3.02. The van der Waals surface area contributed by atoms with Crippen molar-refractivity contribution in [3.05, 3.63) is 29.6 Å². The molecule has 17 heavy (non-hydrogen) atoms. The van der Waals surface area contributed by atoms with E-state index < -0.39 is 5.82 Å². The molecule has 0 aliphatic carbocycles. The van der Waals surface area contributed by atoms with Crippen molar-refractivity contribution in [2.24, 2.45) is 10.9 Å². The summed E-state index contributed by atoms with van der Waals surface area (Å²) in [6.07, 6.45) is 0. The molecule has 1 aromatic rings. The second kappa shape index (κ2) is 6.09. The van der Waals surface area contributed by atoms with Gasteiger partial charge in [-0.15, -0.1) is 11.8 Å². The summed E-state index contributed by atoms with van der Waals surface area (Å²) in [7, 11) is 1.51. The zero-order valence-electron chi connectivity index (χ0n) is 9.11. The Hall–Kier alpha value is -1.76. The SMILES string of the molecule is CNC(=O)CSc1ccc(/C(N)=N/O)cc1F. The minimum atomic E-state index is -0.511. The molecule has 0 spiro atoms. The van der Waals surface area contributed by atoms with Crippen molar-refractivity contribution in [1.29, 1.82) is 0 Å². The zero-order chi connectivity index (χ0) is 12.8. The summed E-state index contributed by atoms with van der Waals surface area (Å²) in [6, 6.07) is 4.15. The molecule has 1 rings (SSSR count). The number of nitrogens with one attached hydrogen (secondary N) is 1. The number of benzene rings is 1. The predicted octanol–water partition coefficient (Wildman–Crippen LogP) is 0.758. The van der Waals surface area contributed by atoms with Crippen molar-refractivity contribution < 1.29 is 14.4 Å². The summed E-state index contributed by atoms with van der Waals surface area (Å²) >= 11 is 1.08. The van der Waals surface area contributed by atoms with Gasteiger partial charge >= 0.3 is 0 Å². The van der Waals surface area contributed by atoms with Crippen LogP contribution in [-0.4, -0.2) is 29.8 Å². The lowest BCUT2D eigenvalue weighted by atomic mass is 10.2. The minimum absolute atomic E-state index is 0.135.